The highest BCUT2D eigenvalue weighted by molar-refractivity contribution is 9.10. The first-order valence-corrected chi connectivity index (χ1v) is 8.27. The van der Waals surface area contributed by atoms with E-state index in [-0.39, 0.29) is 12.5 Å². The average Bonchev–Trinajstić information content (AvgIpc) is 2.35. The zero-order valence-corrected chi connectivity index (χ0v) is 13.1. The summed E-state index contributed by atoms with van der Waals surface area (Å²) < 4.78 is 1.04. The molecule has 1 aliphatic carbocycles. The van der Waals surface area contributed by atoms with Crippen molar-refractivity contribution in [1.29, 1.82) is 0 Å². The molecule has 0 saturated heterocycles. The fourth-order valence-electron chi connectivity index (χ4n) is 2.08. The molecule has 1 amide bonds. The number of carbonyl (C=O) groups is 1. The van der Waals surface area contributed by atoms with Crippen molar-refractivity contribution in [2.45, 2.75) is 30.2 Å². The summed E-state index contributed by atoms with van der Waals surface area (Å²) in [4.78, 5) is 15.1. The molecule has 1 fully saturated rings. The lowest BCUT2D eigenvalue weighted by Gasteiger charge is -2.37. The number of benzene rings is 1. The Morgan fingerprint density at radius 1 is 1.37 bits per heavy atom. The molecule has 1 aromatic rings. The molecule has 0 atom stereocenters. The number of aliphatic hydroxyl groups excluding tert-OH is 1. The summed E-state index contributed by atoms with van der Waals surface area (Å²) in [5.41, 5.74) is 0. The van der Waals surface area contributed by atoms with Crippen LogP contribution in [-0.4, -0.2) is 40.9 Å². The lowest BCUT2D eigenvalue weighted by Crippen LogP contribution is -2.46. The van der Waals surface area contributed by atoms with Gasteiger partial charge in [0.1, 0.15) is 0 Å². The number of nitrogens with zero attached hydrogens (tertiary/aromatic N) is 1. The van der Waals surface area contributed by atoms with Crippen LogP contribution in [0.15, 0.2) is 33.6 Å². The first-order valence-electron chi connectivity index (χ1n) is 6.49. The van der Waals surface area contributed by atoms with E-state index < -0.39 is 0 Å². The van der Waals surface area contributed by atoms with Crippen molar-refractivity contribution in [3.8, 4) is 0 Å². The third-order valence-electron chi connectivity index (χ3n) is 3.35. The highest BCUT2D eigenvalue weighted by atomic mass is 79.9. The van der Waals surface area contributed by atoms with Gasteiger partial charge in [-0.3, -0.25) is 4.79 Å². The Morgan fingerprint density at radius 3 is 2.58 bits per heavy atom. The van der Waals surface area contributed by atoms with Gasteiger partial charge < -0.3 is 10.0 Å². The summed E-state index contributed by atoms with van der Waals surface area (Å²) in [5, 5.41) is 9.06. The minimum absolute atomic E-state index is 0.0468. The standard InChI is InChI=1S/C14H18BrNO2S/c15-11-4-6-13(7-5-11)19-10-14(18)16(8-9-17)12-2-1-3-12/h4-7,12,17H,1-3,8-10H2. The number of hydrogen-bond donors (Lipinski definition) is 1. The third-order valence-corrected chi connectivity index (χ3v) is 4.88. The zero-order chi connectivity index (χ0) is 13.7. The van der Waals surface area contributed by atoms with Gasteiger partial charge in [-0.2, -0.15) is 0 Å². The Hall–Kier alpha value is -0.520. The Balaban J connectivity index is 1.86. The first-order chi connectivity index (χ1) is 9.20. The molecule has 104 valence electrons. The minimum Gasteiger partial charge on any atom is -0.395 e. The molecule has 0 spiro atoms. The Bertz CT molecular complexity index is 420. The molecular weight excluding hydrogens is 326 g/mol. The van der Waals surface area contributed by atoms with E-state index in [1.165, 1.54) is 6.42 Å². The van der Waals surface area contributed by atoms with Crippen molar-refractivity contribution in [2.75, 3.05) is 18.9 Å². The molecular formula is C14H18BrNO2S. The van der Waals surface area contributed by atoms with Gasteiger partial charge in [0, 0.05) is 22.0 Å². The summed E-state index contributed by atoms with van der Waals surface area (Å²) in [5.74, 6) is 0.574. The summed E-state index contributed by atoms with van der Waals surface area (Å²) in [6.45, 7) is 0.510. The first kappa shape index (κ1) is 14.9. The molecule has 3 nitrogen and oxygen atoms in total. The molecule has 0 radical (unpaired) electrons. The second kappa shape index (κ2) is 7.31. The van der Waals surface area contributed by atoms with Crippen LogP contribution < -0.4 is 0 Å². The highest BCUT2D eigenvalue weighted by Crippen LogP contribution is 2.26. The molecule has 0 aromatic heterocycles. The number of aliphatic hydroxyl groups is 1. The summed E-state index contributed by atoms with van der Waals surface area (Å²) in [6.07, 6.45) is 3.35. The molecule has 0 aliphatic heterocycles. The fraction of sp³-hybridized carbons (Fsp3) is 0.500. The molecule has 19 heavy (non-hydrogen) atoms. The quantitative estimate of drug-likeness (QED) is 0.807. The van der Waals surface area contributed by atoms with Crippen LogP contribution in [-0.2, 0) is 4.79 Å². The molecule has 0 heterocycles. The number of carbonyl (C=O) groups excluding carboxylic acids is 1. The van der Waals surface area contributed by atoms with Gasteiger partial charge in [0.05, 0.1) is 12.4 Å². The van der Waals surface area contributed by atoms with Crippen molar-refractivity contribution < 1.29 is 9.90 Å². The van der Waals surface area contributed by atoms with Crippen molar-refractivity contribution in [1.82, 2.24) is 4.90 Å². The number of halogens is 1. The number of amides is 1. The summed E-state index contributed by atoms with van der Waals surface area (Å²) >= 11 is 4.94. The largest absolute Gasteiger partial charge is 0.395 e. The predicted molar refractivity (Wildman–Crippen MR) is 81.3 cm³/mol. The van der Waals surface area contributed by atoms with Crippen LogP contribution >= 0.6 is 27.7 Å². The lowest BCUT2D eigenvalue weighted by molar-refractivity contribution is -0.132. The second-order valence-electron chi connectivity index (χ2n) is 4.64. The van der Waals surface area contributed by atoms with Crippen LogP contribution in [0, 0.1) is 0 Å². The van der Waals surface area contributed by atoms with Gasteiger partial charge in [-0.1, -0.05) is 15.9 Å². The van der Waals surface area contributed by atoms with Crippen molar-refractivity contribution in [3.05, 3.63) is 28.7 Å². The number of thioether (sulfide) groups is 1. The van der Waals surface area contributed by atoms with E-state index in [0.717, 1.165) is 22.2 Å². The SMILES string of the molecule is O=C(CSc1ccc(Br)cc1)N(CCO)C1CCC1. The maximum absolute atomic E-state index is 12.2. The van der Waals surface area contributed by atoms with Gasteiger partial charge in [-0.25, -0.2) is 0 Å². The Labute approximate surface area is 126 Å². The van der Waals surface area contributed by atoms with E-state index in [4.69, 9.17) is 5.11 Å². The van der Waals surface area contributed by atoms with Gasteiger partial charge in [0.25, 0.3) is 0 Å². The van der Waals surface area contributed by atoms with Crippen LogP contribution in [0.2, 0.25) is 0 Å². The third kappa shape index (κ3) is 4.23. The van der Waals surface area contributed by atoms with Crippen LogP contribution in [0.5, 0.6) is 0 Å². The Morgan fingerprint density at radius 2 is 2.05 bits per heavy atom. The fourth-order valence-corrected chi connectivity index (χ4v) is 3.12. The van der Waals surface area contributed by atoms with E-state index in [9.17, 15) is 4.79 Å². The minimum atomic E-state index is 0.0468. The van der Waals surface area contributed by atoms with Crippen LogP contribution in [0.4, 0.5) is 0 Å². The second-order valence-corrected chi connectivity index (χ2v) is 6.60. The van der Waals surface area contributed by atoms with Gasteiger partial charge in [0.2, 0.25) is 5.91 Å². The molecule has 0 bridgehead atoms. The molecule has 1 aromatic carbocycles. The van der Waals surface area contributed by atoms with Crippen molar-refractivity contribution >= 4 is 33.6 Å². The van der Waals surface area contributed by atoms with E-state index in [1.54, 1.807) is 11.8 Å². The van der Waals surface area contributed by atoms with Crippen LogP contribution in [0.25, 0.3) is 0 Å². The van der Waals surface area contributed by atoms with Crippen molar-refractivity contribution in [3.63, 3.8) is 0 Å². The maximum atomic E-state index is 12.2. The average molecular weight is 344 g/mol. The molecule has 1 aliphatic rings. The number of hydrogen-bond acceptors (Lipinski definition) is 3. The van der Waals surface area contributed by atoms with Crippen LogP contribution in [0.3, 0.4) is 0 Å². The monoisotopic (exact) mass is 343 g/mol. The number of rotatable bonds is 6. The van der Waals surface area contributed by atoms with E-state index in [0.29, 0.717) is 18.3 Å². The molecule has 0 unspecified atom stereocenters. The molecule has 1 N–H and O–H groups in total. The van der Waals surface area contributed by atoms with E-state index in [2.05, 4.69) is 15.9 Å². The Kier molecular flexibility index (Phi) is 5.73. The summed E-state index contributed by atoms with van der Waals surface area (Å²) in [6, 6.07) is 8.31. The normalized spacial score (nSPS) is 15.1. The van der Waals surface area contributed by atoms with Gasteiger partial charge >= 0.3 is 0 Å². The van der Waals surface area contributed by atoms with Gasteiger partial charge in [-0.15, -0.1) is 11.8 Å². The van der Waals surface area contributed by atoms with Crippen molar-refractivity contribution in [2.24, 2.45) is 0 Å². The van der Waals surface area contributed by atoms with E-state index >= 15 is 0 Å². The zero-order valence-electron chi connectivity index (χ0n) is 10.7. The molecule has 1 saturated carbocycles. The van der Waals surface area contributed by atoms with E-state index in [1.807, 2.05) is 29.2 Å². The maximum Gasteiger partial charge on any atom is 0.233 e. The topological polar surface area (TPSA) is 40.5 Å². The smallest absolute Gasteiger partial charge is 0.233 e. The summed E-state index contributed by atoms with van der Waals surface area (Å²) in [7, 11) is 0. The highest BCUT2D eigenvalue weighted by Gasteiger charge is 2.27. The molecule has 5 heteroatoms. The molecule has 2 rings (SSSR count). The predicted octanol–water partition coefficient (Wildman–Crippen LogP) is 2.91. The van der Waals surface area contributed by atoms with Crippen LogP contribution in [0.1, 0.15) is 19.3 Å². The lowest BCUT2D eigenvalue weighted by atomic mass is 9.91. The van der Waals surface area contributed by atoms with Gasteiger partial charge in [0.15, 0.2) is 0 Å². The van der Waals surface area contributed by atoms with Gasteiger partial charge in [-0.05, 0) is 43.5 Å².